The standard InChI is InChI=1S/C26H20N4O2S/c31-25(27-21-8-3-1-4-9-21)20-15-13-19(14-16-20)18-33-26-29-28-24(23-12-7-17-32-23)30(26)22-10-5-2-6-11-22/h1-17H,18H2,(H,27,31). The molecule has 0 bridgehead atoms. The molecule has 0 atom stereocenters. The maximum Gasteiger partial charge on any atom is 0.255 e. The van der Waals surface area contributed by atoms with E-state index in [1.54, 1.807) is 18.0 Å². The van der Waals surface area contributed by atoms with Gasteiger partial charge < -0.3 is 9.73 Å². The lowest BCUT2D eigenvalue weighted by Crippen LogP contribution is -2.11. The minimum absolute atomic E-state index is 0.132. The summed E-state index contributed by atoms with van der Waals surface area (Å²) in [5.41, 5.74) is 3.43. The van der Waals surface area contributed by atoms with E-state index < -0.39 is 0 Å². The van der Waals surface area contributed by atoms with Gasteiger partial charge in [-0.3, -0.25) is 9.36 Å². The van der Waals surface area contributed by atoms with E-state index in [-0.39, 0.29) is 5.91 Å². The van der Waals surface area contributed by atoms with Crippen molar-refractivity contribution in [3.63, 3.8) is 0 Å². The third-order valence-corrected chi connectivity index (χ3v) is 6.01. The summed E-state index contributed by atoms with van der Waals surface area (Å²) in [6, 6.07) is 30.7. The molecule has 7 heteroatoms. The first kappa shape index (κ1) is 20.8. The van der Waals surface area contributed by atoms with Crippen molar-refractivity contribution in [3.05, 3.63) is 114 Å². The van der Waals surface area contributed by atoms with Crippen LogP contribution in [-0.2, 0) is 5.75 Å². The van der Waals surface area contributed by atoms with E-state index in [0.717, 1.165) is 22.1 Å². The fourth-order valence-corrected chi connectivity index (χ4v) is 4.27. The van der Waals surface area contributed by atoms with E-state index in [9.17, 15) is 4.79 Å². The van der Waals surface area contributed by atoms with Gasteiger partial charge in [-0.1, -0.05) is 60.3 Å². The summed E-state index contributed by atoms with van der Waals surface area (Å²) in [5.74, 6) is 1.87. The van der Waals surface area contributed by atoms with E-state index in [4.69, 9.17) is 4.42 Å². The molecule has 5 aromatic rings. The number of aromatic nitrogens is 3. The summed E-state index contributed by atoms with van der Waals surface area (Å²) in [5, 5.41) is 12.4. The van der Waals surface area contributed by atoms with Gasteiger partial charge in [-0.25, -0.2) is 0 Å². The Balaban J connectivity index is 1.32. The molecule has 0 saturated heterocycles. The van der Waals surface area contributed by atoms with Crippen LogP contribution in [0, 0.1) is 0 Å². The number of carbonyl (C=O) groups excluding carboxylic acids is 1. The number of nitrogens with one attached hydrogen (secondary N) is 1. The van der Waals surface area contributed by atoms with E-state index >= 15 is 0 Å². The second-order valence-electron chi connectivity index (χ2n) is 7.26. The molecule has 0 aliphatic heterocycles. The number of furan rings is 1. The van der Waals surface area contributed by atoms with Gasteiger partial charge in [-0.15, -0.1) is 10.2 Å². The molecule has 6 nitrogen and oxygen atoms in total. The molecular formula is C26H20N4O2S. The summed E-state index contributed by atoms with van der Waals surface area (Å²) in [7, 11) is 0. The molecule has 0 radical (unpaired) electrons. The van der Waals surface area contributed by atoms with Crippen LogP contribution in [0.5, 0.6) is 0 Å². The average Bonchev–Trinajstić information content (AvgIpc) is 3.54. The highest BCUT2D eigenvalue weighted by Crippen LogP contribution is 2.30. The lowest BCUT2D eigenvalue weighted by Gasteiger charge is -2.09. The first-order valence-electron chi connectivity index (χ1n) is 10.4. The fraction of sp³-hybridized carbons (Fsp3) is 0.0385. The number of nitrogens with zero attached hydrogens (tertiary/aromatic N) is 3. The predicted molar refractivity (Wildman–Crippen MR) is 129 cm³/mol. The Kier molecular flexibility index (Phi) is 6.04. The summed E-state index contributed by atoms with van der Waals surface area (Å²) < 4.78 is 7.56. The van der Waals surface area contributed by atoms with Gasteiger partial charge in [0.15, 0.2) is 10.9 Å². The van der Waals surface area contributed by atoms with Crippen molar-refractivity contribution in [2.75, 3.05) is 5.32 Å². The smallest absolute Gasteiger partial charge is 0.255 e. The number of hydrogen-bond donors (Lipinski definition) is 1. The highest BCUT2D eigenvalue weighted by molar-refractivity contribution is 7.98. The molecule has 33 heavy (non-hydrogen) atoms. The molecule has 1 N–H and O–H groups in total. The average molecular weight is 453 g/mol. The zero-order chi connectivity index (χ0) is 22.5. The highest BCUT2D eigenvalue weighted by Gasteiger charge is 2.18. The van der Waals surface area contributed by atoms with Crippen LogP contribution in [0.2, 0.25) is 0 Å². The number of thioether (sulfide) groups is 1. The minimum Gasteiger partial charge on any atom is -0.461 e. The molecule has 0 aliphatic rings. The fourth-order valence-electron chi connectivity index (χ4n) is 3.36. The molecule has 0 spiro atoms. The van der Waals surface area contributed by atoms with E-state index in [1.807, 2.05) is 102 Å². The normalized spacial score (nSPS) is 10.8. The number of hydrogen-bond acceptors (Lipinski definition) is 5. The lowest BCUT2D eigenvalue weighted by molar-refractivity contribution is 0.102. The summed E-state index contributed by atoms with van der Waals surface area (Å²) in [6.07, 6.45) is 1.63. The topological polar surface area (TPSA) is 73.0 Å². The summed E-state index contributed by atoms with van der Waals surface area (Å²) in [6.45, 7) is 0. The van der Waals surface area contributed by atoms with Crippen molar-refractivity contribution in [2.24, 2.45) is 0 Å². The molecule has 0 unspecified atom stereocenters. The van der Waals surface area contributed by atoms with Crippen LogP contribution in [0.4, 0.5) is 5.69 Å². The van der Waals surface area contributed by atoms with Crippen LogP contribution in [0.15, 0.2) is 113 Å². The molecule has 5 rings (SSSR count). The van der Waals surface area contributed by atoms with Crippen molar-refractivity contribution < 1.29 is 9.21 Å². The van der Waals surface area contributed by atoms with E-state index in [0.29, 0.717) is 22.9 Å². The van der Waals surface area contributed by atoms with Crippen LogP contribution in [0.1, 0.15) is 15.9 Å². The van der Waals surface area contributed by atoms with Gasteiger partial charge in [-0.2, -0.15) is 0 Å². The Labute approximate surface area is 195 Å². The van der Waals surface area contributed by atoms with Crippen molar-refractivity contribution >= 4 is 23.4 Å². The number of rotatable bonds is 7. The molecular weight excluding hydrogens is 432 g/mol. The summed E-state index contributed by atoms with van der Waals surface area (Å²) >= 11 is 1.58. The Morgan fingerprint density at radius 1 is 0.848 bits per heavy atom. The third kappa shape index (κ3) is 4.73. The Morgan fingerprint density at radius 3 is 2.27 bits per heavy atom. The van der Waals surface area contributed by atoms with Crippen LogP contribution >= 0.6 is 11.8 Å². The van der Waals surface area contributed by atoms with Gasteiger partial charge in [0.1, 0.15) is 0 Å². The molecule has 0 aliphatic carbocycles. The zero-order valence-corrected chi connectivity index (χ0v) is 18.4. The molecule has 0 saturated carbocycles. The van der Waals surface area contributed by atoms with E-state index in [1.165, 1.54) is 0 Å². The van der Waals surface area contributed by atoms with Gasteiger partial charge in [-0.05, 0) is 54.1 Å². The van der Waals surface area contributed by atoms with Crippen LogP contribution in [0.25, 0.3) is 17.3 Å². The zero-order valence-electron chi connectivity index (χ0n) is 17.6. The van der Waals surface area contributed by atoms with Crippen molar-refractivity contribution in [1.29, 1.82) is 0 Å². The van der Waals surface area contributed by atoms with Crippen LogP contribution < -0.4 is 5.32 Å². The molecule has 2 heterocycles. The Morgan fingerprint density at radius 2 is 1.58 bits per heavy atom. The van der Waals surface area contributed by atoms with Gasteiger partial charge >= 0.3 is 0 Å². The van der Waals surface area contributed by atoms with Crippen LogP contribution in [0.3, 0.4) is 0 Å². The predicted octanol–water partition coefficient (Wildman–Crippen LogP) is 6.07. The van der Waals surface area contributed by atoms with Gasteiger partial charge in [0.05, 0.1) is 6.26 Å². The first-order valence-corrected chi connectivity index (χ1v) is 11.4. The molecule has 3 aromatic carbocycles. The number of para-hydroxylation sites is 2. The van der Waals surface area contributed by atoms with Crippen molar-refractivity contribution in [2.45, 2.75) is 10.9 Å². The van der Waals surface area contributed by atoms with Gasteiger partial charge in [0, 0.05) is 22.7 Å². The lowest BCUT2D eigenvalue weighted by atomic mass is 10.1. The van der Waals surface area contributed by atoms with E-state index in [2.05, 4.69) is 15.5 Å². The van der Waals surface area contributed by atoms with Crippen LogP contribution in [-0.4, -0.2) is 20.7 Å². The number of amides is 1. The highest BCUT2D eigenvalue weighted by atomic mass is 32.2. The van der Waals surface area contributed by atoms with Gasteiger partial charge in [0.25, 0.3) is 5.91 Å². The number of benzene rings is 3. The van der Waals surface area contributed by atoms with Crippen molar-refractivity contribution in [3.8, 4) is 17.3 Å². The second-order valence-corrected chi connectivity index (χ2v) is 8.20. The van der Waals surface area contributed by atoms with Gasteiger partial charge in [0.2, 0.25) is 5.82 Å². The Hall–Kier alpha value is -4.10. The monoisotopic (exact) mass is 452 g/mol. The van der Waals surface area contributed by atoms with Crippen molar-refractivity contribution in [1.82, 2.24) is 14.8 Å². The quantitative estimate of drug-likeness (QED) is 0.303. The Bertz CT molecular complexity index is 1330. The number of carbonyl (C=O) groups is 1. The molecule has 0 fully saturated rings. The summed E-state index contributed by atoms with van der Waals surface area (Å²) in [4.78, 5) is 12.5. The minimum atomic E-state index is -0.132. The maximum absolute atomic E-state index is 12.5. The molecule has 162 valence electrons. The second kappa shape index (κ2) is 9.58. The first-order chi connectivity index (χ1) is 16.3. The largest absolute Gasteiger partial charge is 0.461 e. The molecule has 2 aromatic heterocycles. The molecule has 1 amide bonds. The maximum atomic E-state index is 12.5. The number of anilines is 1. The SMILES string of the molecule is O=C(Nc1ccccc1)c1ccc(CSc2nnc(-c3ccco3)n2-c2ccccc2)cc1. The third-order valence-electron chi connectivity index (χ3n) is 5.01.